The molecule has 0 bridgehead atoms. The first-order chi connectivity index (χ1) is 14.4. The zero-order chi connectivity index (χ0) is 21.3. The third-order valence-corrected chi connectivity index (χ3v) is 5.17. The number of ether oxygens (including phenoxy) is 1. The number of amides is 2. The second kappa shape index (κ2) is 7.59. The fourth-order valence-corrected chi connectivity index (χ4v) is 4.03. The molecule has 1 atom stereocenters. The predicted octanol–water partition coefficient (Wildman–Crippen LogP) is 3.89. The van der Waals surface area contributed by atoms with Gasteiger partial charge in [0, 0.05) is 11.1 Å². The van der Waals surface area contributed by atoms with E-state index in [1.165, 1.54) is 36.4 Å². The number of hydrogen-bond acceptors (Lipinski definition) is 3. The molecule has 3 aromatic rings. The van der Waals surface area contributed by atoms with Crippen molar-refractivity contribution in [3.8, 4) is 0 Å². The van der Waals surface area contributed by atoms with Crippen LogP contribution in [0, 0.1) is 11.6 Å². The highest BCUT2D eigenvalue weighted by Crippen LogP contribution is 2.53. The molecule has 3 aromatic carbocycles. The first-order valence-electron chi connectivity index (χ1n) is 9.28. The Morgan fingerprint density at radius 3 is 1.90 bits per heavy atom. The number of primary amides is 1. The van der Waals surface area contributed by atoms with Gasteiger partial charge in [-0.2, -0.15) is 0 Å². The van der Waals surface area contributed by atoms with Gasteiger partial charge in [0.15, 0.2) is 5.60 Å². The number of halogens is 2. The number of carbonyl (C=O) groups is 2. The monoisotopic (exact) mass is 408 g/mol. The van der Waals surface area contributed by atoms with Crippen LogP contribution >= 0.6 is 0 Å². The minimum Gasteiger partial charge on any atom is -0.430 e. The van der Waals surface area contributed by atoms with Gasteiger partial charge in [0.25, 0.3) is 0 Å². The fourth-order valence-electron chi connectivity index (χ4n) is 4.03. The van der Waals surface area contributed by atoms with Crippen LogP contribution < -0.4 is 5.73 Å². The van der Waals surface area contributed by atoms with Crippen molar-refractivity contribution < 1.29 is 23.1 Å². The van der Waals surface area contributed by atoms with E-state index in [0.717, 1.165) is 4.90 Å². The Morgan fingerprint density at radius 1 is 0.900 bits per heavy atom. The maximum atomic E-state index is 15.1. The van der Waals surface area contributed by atoms with E-state index in [1.807, 2.05) is 0 Å². The van der Waals surface area contributed by atoms with Crippen LogP contribution in [0.15, 0.2) is 78.9 Å². The lowest BCUT2D eigenvalue weighted by Gasteiger charge is -2.36. The number of nitrogens with two attached hydrogens (primary N) is 1. The molecule has 2 amide bonds. The van der Waals surface area contributed by atoms with E-state index >= 15 is 8.78 Å². The van der Waals surface area contributed by atoms with Crippen molar-refractivity contribution in [3.05, 3.63) is 107 Å². The topological polar surface area (TPSA) is 72.6 Å². The lowest BCUT2D eigenvalue weighted by Crippen LogP contribution is -2.41. The van der Waals surface area contributed by atoms with E-state index in [-0.39, 0.29) is 11.1 Å². The summed E-state index contributed by atoms with van der Waals surface area (Å²) in [5, 5.41) is 0. The van der Waals surface area contributed by atoms with Gasteiger partial charge in [0.2, 0.25) is 5.91 Å². The first-order valence-corrected chi connectivity index (χ1v) is 9.28. The highest BCUT2D eigenvalue weighted by molar-refractivity contribution is 5.83. The summed E-state index contributed by atoms with van der Waals surface area (Å²) in [6.07, 6.45) is -0.894. The number of rotatable bonds is 5. The van der Waals surface area contributed by atoms with Crippen molar-refractivity contribution in [1.29, 1.82) is 0 Å². The molecular formula is C23H18F2N2O3. The van der Waals surface area contributed by atoms with Crippen molar-refractivity contribution in [1.82, 2.24) is 4.90 Å². The van der Waals surface area contributed by atoms with Crippen LogP contribution in [0.1, 0.15) is 22.7 Å². The molecule has 30 heavy (non-hydrogen) atoms. The molecule has 0 aliphatic carbocycles. The summed E-state index contributed by atoms with van der Waals surface area (Å²) in [5.41, 5.74) is 3.98. The molecule has 4 rings (SSSR count). The van der Waals surface area contributed by atoms with Gasteiger partial charge in [-0.1, -0.05) is 66.7 Å². The lowest BCUT2D eigenvalue weighted by atomic mass is 9.76. The van der Waals surface area contributed by atoms with Crippen LogP contribution in [0.2, 0.25) is 0 Å². The number of carbonyl (C=O) groups excluding carboxylic acids is 2. The molecule has 7 heteroatoms. The molecule has 0 radical (unpaired) electrons. The maximum absolute atomic E-state index is 15.1. The van der Waals surface area contributed by atoms with E-state index < -0.39 is 41.8 Å². The van der Waals surface area contributed by atoms with Crippen molar-refractivity contribution >= 4 is 12.0 Å². The fraction of sp³-hybridized carbons (Fsp3) is 0.130. The van der Waals surface area contributed by atoms with Gasteiger partial charge in [-0.25, -0.2) is 13.6 Å². The Labute approximate surface area is 171 Å². The zero-order valence-corrected chi connectivity index (χ0v) is 15.8. The molecule has 152 valence electrons. The van der Waals surface area contributed by atoms with Crippen molar-refractivity contribution in [3.63, 3.8) is 0 Å². The Hall–Kier alpha value is -3.74. The van der Waals surface area contributed by atoms with E-state index in [9.17, 15) is 9.59 Å². The molecule has 0 saturated carbocycles. The van der Waals surface area contributed by atoms with Gasteiger partial charge in [-0.3, -0.25) is 9.69 Å². The van der Waals surface area contributed by atoms with Crippen molar-refractivity contribution in [2.24, 2.45) is 5.73 Å². The Kier molecular flexibility index (Phi) is 4.95. The van der Waals surface area contributed by atoms with Gasteiger partial charge in [0.1, 0.15) is 24.2 Å². The summed E-state index contributed by atoms with van der Waals surface area (Å²) in [6, 6.07) is 19.1. The van der Waals surface area contributed by atoms with Crippen LogP contribution in [-0.2, 0) is 15.1 Å². The van der Waals surface area contributed by atoms with Crippen LogP contribution in [0.3, 0.4) is 0 Å². The summed E-state index contributed by atoms with van der Waals surface area (Å²) < 4.78 is 35.9. The molecule has 0 aromatic heterocycles. The highest BCUT2D eigenvalue weighted by atomic mass is 19.1. The molecule has 0 spiro atoms. The SMILES string of the molecule is NC(=O)CN1C(=O)OC(c2ccccc2F)(c2ccccc2F)C1c1ccccc1. The van der Waals surface area contributed by atoms with E-state index in [0.29, 0.717) is 5.56 Å². The molecule has 1 fully saturated rings. The largest absolute Gasteiger partial charge is 0.430 e. The maximum Gasteiger partial charge on any atom is 0.412 e. The number of nitrogens with zero attached hydrogens (tertiary/aromatic N) is 1. The van der Waals surface area contributed by atoms with Crippen LogP contribution in [0.5, 0.6) is 0 Å². The standard InChI is InChI=1S/C23H18F2N2O3/c24-18-12-6-4-10-16(18)23(17-11-5-7-13-19(17)25)21(15-8-2-1-3-9-15)27(14-20(26)28)22(29)30-23/h1-13,21H,14H2,(H2,26,28). The second-order valence-electron chi connectivity index (χ2n) is 6.97. The molecule has 2 N–H and O–H groups in total. The van der Waals surface area contributed by atoms with E-state index in [4.69, 9.17) is 10.5 Å². The summed E-state index contributed by atoms with van der Waals surface area (Å²) in [6.45, 7) is -0.469. The van der Waals surface area contributed by atoms with Gasteiger partial charge in [-0.05, 0) is 17.7 Å². The van der Waals surface area contributed by atoms with Crippen molar-refractivity contribution in [2.45, 2.75) is 11.6 Å². The highest BCUT2D eigenvalue weighted by Gasteiger charge is 2.59. The summed E-state index contributed by atoms with van der Waals surface area (Å²) >= 11 is 0. The zero-order valence-electron chi connectivity index (χ0n) is 15.8. The molecule has 1 unspecified atom stereocenters. The van der Waals surface area contributed by atoms with Gasteiger partial charge < -0.3 is 10.5 Å². The molecule has 1 aliphatic heterocycles. The van der Waals surface area contributed by atoms with Crippen LogP contribution in [0.25, 0.3) is 0 Å². The third-order valence-electron chi connectivity index (χ3n) is 5.17. The number of cyclic esters (lactones) is 1. The minimum atomic E-state index is -1.87. The van der Waals surface area contributed by atoms with Crippen LogP contribution in [-0.4, -0.2) is 23.4 Å². The quantitative estimate of drug-likeness (QED) is 0.696. The van der Waals surface area contributed by atoms with Gasteiger partial charge in [-0.15, -0.1) is 0 Å². The Bertz CT molecular complexity index is 1060. The number of benzene rings is 3. The second-order valence-corrected chi connectivity index (χ2v) is 6.97. The van der Waals surface area contributed by atoms with Crippen LogP contribution in [0.4, 0.5) is 13.6 Å². The Morgan fingerprint density at radius 2 is 1.40 bits per heavy atom. The van der Waals surface area contributed by atoms with E-state index in [1.54, 1.807) is 42.5 Å². The van der Waals surface area contributed by atoms with Gasteiger partial charge in [0.05, 0.1) is 0 Å². The van der Waals surface area contributed by atoms with Gasteiger partial charge >= 0.3 is 6.09 Å². The Balaban J connectivity index is 2.07. The first kappa shape index (κ1) is 19.6. The smallest absolute Gasteiger partial charge is 0.412 e. The predicted molar refractivity (Wildman–Crippen MR) is 105 cm³/mol. The molecule has 1 aliphatic rings. The van der Waals surface area contributed by atoms with E-state index in [2.05, 4.69) is 0 Å². The lowest BCUT2D eigenvalue weighted by molar-refractivity contribution is -0.118. The molecule has 1 saturated heterocycles. The molecular weight excluding hydrogens is 390 g/mol. The summed E-state index contributed by atoms with van der Waals surface area (Å²) in [5.74, 6) is -2.11. The third kappa shape index (κ3) is 3.08. The average molecular weight is 408 g/mol. The normalized spacial score (nSPS) is 17.6. The average Bonchev–Trinajstić information content (AvgIpc) is 3.01. The summed E-state index contributed by atoms with van der Waals surface area (Å²) in [4.78, 5) is 25.8. The number of hydrogen-bond donors (Lipinski definition) is 1. The molecule has 5 nitrogen and oxygen atoms in total. The molecule has 1 heterocycles. The summed E-state index contributed by atoms with van der Waals surface area (Å²) in [7, 11) is 0. The minimum absolute atomic E-state index is 0.0238. The van der Waals surface area contributed by atoms with Crippen molar-refractivity contribution in [2.75, 3.05) is 6.54 Å².